The Balaban J connectivity index is 1.47. The van der Waals surface area contributed by atoms with Gasteiger partial charge in [-0.1, -0.05) is 60.2 Å². The zero-order valence-corrected chi connectivity index (χ0v) is 18.4. The minimum Gasteiger partial charge on any atom is -0.497 e. The summed E-state index contributed by atoms with van der Waals surface area (Å²) in [5.41, 5.74) is 6.86. The number of nitrogens with one attached hydrogen (secondary N) is 2. The van der Waals surface area contributed by atoms with Crippen molar-refractivity contribution in [3.63, 3.8) is 0 Å². The van der Waals surface area contributed by atoms with Gasteiger partial charge in [0.2, 0.25) is 0 Å². The number of nitrogens with zero attached hydrogens (tertiary/aromatic N) is 1. The number of ether oxygens (including phenoxy) is 1. The third-order valence-corrected chi connectivity index (χ3v) is 6.27. The highest BCUT2D eigenvalue weighted by Crippen LogP contribution is 2.38. The molecule has 1 aliphatic heterocycles. The Morgan fingerprint density at radius 2 is 1.91 bits per heavy atom. The summed E-state index contributed by atoms with van der Waals surface area (Å²) in [5, 5.41) is 4.36. The van der Waals surface area contributed by atoms with E-state index in [0.717, 1.165) is 34.5 Å². The number of hydrogen-bond donors (Lipinski definition) is 2. The average Bonchev–Trinajstić information content (AvgIpc) is 3.21. The van der Waals surface area contributed by atoms with Crippen LogP contribution < -0.4 is 10.1 Å². The fraction of sp³-hybridized carbons (Fsp3) is 0.222. The third kappa shape index (κ3) is 3.71. The summed E-state index contributed by atoms with van der Waals surface area (Å²) in [5.74, 6) is 0.787. The molecule has 0 saturated heterocycles. The third-order valence-electron chi connectivity index (χ3n) is 6.27. The van der Waals surface area contributed by atoms with Gasteiger partial charge < -0.3 is 19.9 Å². The van der Waals surface area contributed by atoms with Gasteiger partial charge in [-0.05, 0) is 48.2 Å². The van der Waals surface area contributed by atoms with E-state index in [4.69, 9.17) is 4.74 Å². The summed E-state index contributed by atoms with van der Waals surface area (Å²) >= 11 is 0. The Hall–Kier alpha value is -3.73. The molecule has 5 rings (SSSR count). The van der Waals surface area contributed by atoms with Crippen LogP contribution in [-0.4, -0.2) is 29.6 Å². The monoisotopic (exact) mass is 425 g/mol. The Bertz CT molecular complexity index is 1260. The minimum atomic E-state index is -0.156. The van der Waals surface area contributed by atoms with Crippen LogP contribution in [0.25, 0.3) is 10.9 Å². The van der Waals surface area contributed by atoms with E-state index < -0.39 is 0 Å². The van der Waals surface area contributed by atoms with Crippen molar-refractivity contribution in [1.82, 2.24) is 15.2 Å². The van der Waals surface area contributed by atoms with Crippen molar-refractivity contribution in [2.24, 2.45) is 0 Å². The van der Waals surface area contributed by atoms with Gasteiger partial charge in [0.1, 0.15) is 5.75 Å². The van der Waals surface area contributed by atoms with E-state index in [2.05, 4.69) is 59.7 Å². The summed E-state index contributed by atoms with van der Waals surface area (Å²) in [4.78, 5) is 18.9. The highest BCUT2D eigenvalue weighted by Gasteiger charge is 2.34. The van der Waals surface area contributed by atoms with Crippen LogP contribution in [0.1, 0.15) is 34.0 Å². The molecular formula is C27H27N3O2. The number of H-pyrrole nitrogens is 1. The number of fused-ring (bicyclic) bond motifs is 3. The number of carbonyl (C=O) groups excluding carboxylic acids is 1. The van der Waals surface area contributed by atoms with Crippen molar-refractivity contribution in [2.45, 2.75) is 25.9 Å². The quantitative estimate of drug-likeness (QED) is 0.464. The van der Waals surface area contributed by atoms with Gasteiger partial charge in [-0.3, -0.25) is 0 Å². The van der Waals surface area contributed by atoms with Crippen LogP contribution in [0.15, 0.2) is 72.8 Å². The number of urea groups is 1. The second-order valence-corrected chi connectivity index (χ2v) is 8.33. The molecule has 2 N–H and O–H groups in total. The van der Waals surface area contributed by atoms with Gasteiger partial charge in [0.25, 0.3) is 0 Å². The highest BCUT2D eigenvalue weighted by molar-refractivity contribution is 5.86. The van der Waals surface area contributed by atoms with Crippen molar-refractivity contribution >= 4 is 16.9 Å². The molecule has 2 heterocycles. The van der Waals surface area contributed by atoms with E-state index in [1.807, 2.05) is 35.2 Å². The number of para-hydroxylation sites is 1. The minimum absolute atomic E-state index is 0.0669. The molecule has 0 radical (unpaired) electrons. The molecule has 4 aromatic rings. The highest BCUT2D eigenvalue weighted by atomic mass is 16.5. The van der Waals surface area contributed by atoms with E-state index in [9.17, 15) is 4.79 Å². The lowest BCUT2D eigenvalue weighted by Gasteiger charge is -2.36. The normalized spacial score (nSPS) is 15.4. The first-order valence-corrected chi connectivity index (χ1v) is 11.0. The smallest absolute Gasteiger partial charge is 0.318 e. The lowest BCUT2D eigenvalue weighted by molar-refractivity contribution is 0.179. The van der Waals surface area contributed by atoms with Crippen LogP contribution >= 0.6 is 0 Å². The van der Waals surface area contributed by atoms with Crippen molar-refractivity contribution in [3.05, 3.63) is 101 Å². The summed E-state index contributed by atoms with van der Waals surface area (Å²) in [6.45, 7) is 3.20. The van der Waals surface area contributed by atoms with Gasteiger partial charge in [0.05, 0.1) is 13.2 Å². The van der Waals surface area contributed by atoms with Gasteiger partial charge in [-0.2, -0.15) is 0 Å². The number of carbonyl (C=O) groups is 1. The van der Waals surface area contributed by atoms with Crippen LogP contribution in [0.3, 0.4) is 0 Å². The number of aromatic nitrogens is 1. The zero-order valence-electron chi connectivity index (χ0n) is 18.4. The Morgan fingerprint density at radius 1 is 1.09 bits per heavy atom. The number of benzene rings is 3. The zero-order chi connectivity index (χ0) is 22.1. The topological polar surface area (TPSA) is 57.4 Å². The first kappa shape index (κ1) is 20.2. The molecule has 1 aliphatic rings. The molecule has 2 amide bonds. The molecule has 162 valence electrons. The Labute approximate surface area is 188 Å². The van der Waals surface area contributed by atoms with Gasteiger partial charge in [-0.15, -0.1) is 0 Å². The molecule has 1 atom stereocenters. The average molecular weight is 426 g/mol. The van der Waals surface area contributed by atoms with Gasteiger partial charge >= 0.3 is 6.03 Å². The number of methoxy groups -OCH3 is 1. The molecular weight excluding hydrogens is 398 g/mol. The van der Waals surface area contributed by atoms with E-state index >= 15 is 0 Å². The molecule has 0 aliphatic carbocycles. The van der Waals surface area contributed by atoms with Crippen LogP contribution in [0.2, 0.25) is 0 Å². The number of aryl methyl sites for hydroxylation is 1. The van der Waals surface area contributed by atoms with Crippen molar-refractivity contribution in [3.8, 4) is 5.75 Å². The first-order chi connectivity index (χ1) is 15.6. The molecule has 0 bridgehead atoms. The standard InChI is InChI=1S/C27H27N3O2/c1-18-10-12-20(13-11-18)26-25-23(22-8-3-4-9-24(22)29-25)14-15-30(26)27(31)28-17-19-6-5-7-21(16-19)32-2/h3-13,16,26,29H,14-15,17H2,1-2H3,(H,28,31)/t26-/m0/s1. The van der Waals surface area contributed by atoms with E-state index in [0.29, 0.717) is 13.1 Å². The van der Waals surface area contributed by atoms with Gasteiger partial charge in [-0.25, -0.2) is 4.79 Å². The van der Waals surface area contributed by atoms with E-state index in [1.165, 1.54) is 16.5 Å². The Kier molecular flexibility index (Phi) is 5.31. The second kappa shape index (κ2) is 8.42. The number of amides is 2. The maximum absolute atomic E-state index is 13.4. The molecule has 0 spiro atoms. The van der Waals surface area contributed by atoms with E-state index in [1.54, 1.807) is 7.11 Å². The van der Waals surface area contributed by atoms with Crippen LogP contribution in [0, 0.1) is 6.92 Å². The SMILES string of the molecule is COc1cccc(CNC(=O)N2CCc3c([nH]c4ccccc34)[C@@H]2c2ccc(C)cc2)c1. The molecule has 5 heteroatoms. The molecule has 0 fully saturated rings. The summed E-state index contributed by atoms with van der Waals surface area (Å²) < 4.78 is 5.30. The second-order valence-electron chi connectivity index (χ2n) is 8.33. The fourth-order valence-corrected chi connectivity index (χ4v) is 4.62. The molecule has 32 heavy (non-hydrogen) atoms. The summed E-state index contributed by atoms with van der Waals surface area (Å²) in [6, 6.07) is 24.4. The Morgan fingerprint density at radius 3 is 2.72 bits per heavy atom. The number of rotatable bonds is 4. The maximum atomic E-state index is 13.4. The lowest BCUT2D eigenvalue weighted by Crippen LogP contribution is -2.45. The maximum Gasteiger partial charge on any atom is 0.318 e. The fourth-order valence-electron chi connectivity index (χ4n) is 4.62. The molecule has 3 aromatic carbocycles. The molecule has 5 nitrogen and oxygen atoms in total. The lowest BCUT2D eigenvalue weighted by atomic mass is 9.92. The van der Waals surface area contributed by atoms with Gasteiger partial charge in [0, 0.05) is 29.7 Å². The van der Waals surface area contributed by atoms with E-state index in [-0.39, 0.29) is 12.1 Å². The van der Waals surface area contributed by atoms with Crippen LogP contribution in [0.5, 0.6) is 5.75 Å². The number of hydrogen-bond acceptors (Lipinski definition) is 2. The van der Waals surface area contributed by atoms with Crippen molar-refractivity contribution < 1.29 is 9.53 Å². The predicted molar refractivity (Wildman–Crippen MR) is 127 cm³/mol. The largest absolute Gasteiger partial charge is 0.497 e. The van der Waals surface area contributed by atoms with Crippen LogP contribution in [-0.2, 0) is 13.0 Å². The molecule has 0 saturated carbocycles. The summed E-state index contributed by atoms with van der Waals surface area (Å²) in [6.07, 6.45) is 0.828. The molecule has 0 unspecified atom stereocenters. The van der Waals surface area contributed by atoms with Crippen molar-refractivity contribution in [2.75, 3.05) is 13.7 Å². The first-order valence-electron chi connectivity index (χ1n) is 11.0. The molecule has 1 aromatic heterocycles. The van der Waals surface area contributed by atoms with Crippen molar-refractivity contribution in [1.29, 1.82) is 0 Å². The summed E-state index contributed by atoms with van der Waals surface area (Å²) in [7, 11) is 1.65. The predicted octanol–water partition coefficient (Wildman–Crippen LogP) is 5.34. The number of aromatic amines is 1. The van der Waals surface area contributed by atoms with Gasteiger partial charge in [0.15, 0.2) is 0 Å². The van der Waals surface area contributed by atoms with Crippen LogP contribution in [0.4, 0.5) is 4.79 Å².